The zero-order valence-electron chi connectivity index (χ0n) is 21.8. The van der Waals surface area contributed by atoms with E-state index in [1.54, 1.807) is 36.1 Å². The summed E-state index contributed by atoms with van der Waals surface area (Å²) in [5.74, 6) is 0.296. The van der Waals surface area contributed by atoms with Gasteiger partial charge in [0.15, 0.2) is 0 Å². The summed E-state index contributed by atoms with van der Waals surface area (Å²) in [5.41, 5.74) is 1.59. The third-order valence-electron chi connectivity index (χ3n) is 5.79. The van der Waals surface area contributed by atoms with Crippen molar-refractivity contribution in [3.05, 3.63) is 60.2 Å². The lowest BCUT2D eigenvalue weighted by atomic mass is 10.1. The first-order chi connectivity index (χ1) is 17.2. The molecule has 198 valence electrons. The summed E-state index contributed by atoms with van der Waals surface area (Å²) >= 11 is 0. The molecule has 0 aliphatic carbocycles. The predicted molar refractivity (Wildman–Crippen MR) is 144 cm³/mol. The van der Waals surface area contributed by atoms with Gasteiger partial charge in [-0.05, 0) is 62.9 Å². The van der Waals surface area contributed by atoms with Gasteiger partial charge in [0, 0.05) is 26.1 Å². The van der Waals surface area contributed by atoms with E-state index in [0.29, 0.717) is 44.0 Å². The number of carbonyl (C=O) groups is 2. The van der Waals surface area contributed by atoms with Crippen LogP contribution in [-0.4, -0.2) is 63.7 Å². The molecule has 9 heteroatoms. The molecular weight excluding hydrogens is 478 g/mol. The Kier molecular flexibility index (Phi) is 11.7. The van der Waals surface area contributed by atoms with Crippen molar-refractivity contribution < 1.29 is 22.7 Å². The van der Waals surface area contributed by atoms with Crippen LogP contribution in [0.4, 0.5) is 5.69 Å². The number of ether oxygens (including phenoxy) is 1. The van der Waals surface area contributed by atoms with Crippen LogP contribution < -0.4 is 14.4 Å². The Bertz CT molecular complexity index is 1060. The SMILES string of the molecule is CCCNC(=O)C(C)N(CCc1ccccc1)C(=O)CCCN(c1ccc(OCC)cc1)S(C)(=O)=O. The van der Waals surface area contributed by atoms with Gasteiger partial charge in [0.25, 0.3) is 0 Å². The smallest absolute Gasteiger partial charge is 0.242 e. The van der Waals surface area contributed by atoms with Crippen LogP contribution in [0.5, 0.6) is 5.75 Å². The number of anilines is 1. The molecular formula is C27H39N3O5S. The van der Waals surface area contributed by atoms with Gasteiger partial charge in [-0.2, -0.15) is 0 Å². The van der Waals surface area contributed by atoms with Gasteiger partial charge in [-0.15, -0.1) is 0 Å². The van der Waals surface area contributed by atoms with Crippen LogP contribution in [0, 0.1) is 0 Å². The molecule has 0 heterocycles. The highest BCUT2D eigenvalue weighted by Gasteiger charge is 2.26. The molecule has 1 unspecified atom stereocenters. The Morgan fingerprint density at radius 2 is 1.67 bits per heavy atom. The summed E-state index contributed by atoms with van der Waals surface area (Å²) in [5, 5.41) is 2.86. The molecule has 2 rings (SSSR count). The third-order valence-corrected chi connectivity index (χ3v) is 6.98. The van der Waals surface area contributed by atoms with Gasteiger partial charge in [-0.1, -0.05) is 37.3 Å². The van der Waals surface area contributed by atoms with Crippen molar-refractivity contribution in [1.82, 2.24) is 10.2 Å². The van der Waals surface area contributed by atoms with Gasteiger partial charge in [0.2, 0.25) is 21.8 Å². The number of carbonyl (C=O) groups excluding carboxylic acids is 2. The molecule has 0 aliphatic rings. The molecule has 0 fully saturated rings. The molecule has 2 amide bonds. The summed E-state index contributed by atoms with van der Waals surface area (Å²) in [4.78, 5) is 27.5. The predicted octanol–water partition coefficient (Wildman–Crippen LogP) is 3.62. The fraction of sp³-hybridized carbons (Fsp3) is 0.481. The first kappa shape index (κ1) is 29.2. The second kappa shape index (κ2) is 14.5. The van der Waals surface area contributed by atoms with Crippen LogP contribution >= 0.6 is 0 Å². The van der Waals surface area contributed by atoms with Crippen molar-refractivity contribution in [1.29, 1.82) is 0 Å². The second-order valence-electron chi connectivity index (χ2n) is 8.66. The molecule has 8 nitrogen and oxygen atoms in total. The zero-order chi connectivity index (χ0) is 26.6. The number of rotatable bonds is 15. The quantitative estimate of drug-likeness (QED) is 0.389. The van der Waals surface area contributed by atoms with E-state index in [4.69, 9.17) is 4.74 Å². The van der Waals surface area contributed by atoms with E-state index in [9.17, 15) is 18.0 Å². The number of hydrogen-bond donors (Lipinski definition) is 1. The molecule has 1 atom stereocenters. The van der Waals surface area contributed by atoms with Crippen LogP contribution in [0.2, 0.25) is 0 Å². The minimum atomic E-state index is -3.54. The van der Waals surface area contributed by atoms with Crippen molar-refractivity contribution in [2.45, 2.75) is 52.5 Å². The second-order valence-corrected chi connectivity index (χ2v) is 10.6. The lowest BCUT2D eigenvalue weighted by Gasteiger charge is -2.29. The van der Waals surface area contributed by atoms with Crippen LogP contribution in [-0.2, 0) is 26.0 Å². The Morgan fingerprint density at radius 1 is 1.00 bits per heavy atom. The third kappa shape index (κ3) is 9.18. The van der Waals surface area contributed by atoms with E-state index in [1.165, 1.54) is 4.31 Å². The Hall–Kier alpha value is -3.07. The average molecular weight is 518 g/mol. The Morgan fingerprint density at radius 3 is 2.25 bits per heavy atom. The lowest BCUT2D eigenvalue weighted by Crippen LogP contribution is -2.49. The maximum Gasteiger partial charge on any atom is 0.242 e. The molecule has 0 saturated carbocycles. The summed E-state index contributed by atoms with van der Waals surface area (Å²) in [6.07, 6.45) is 3.04. The van der Waals surface area contributed by atoms with E-state index in [2.05, 4.69) is 5.32 Å². The highest BCUT2D eigenvalue weighted by molar-refractivity contribution is 7.92. The van der Waals surface area contributed by atoms with Crippen molar-refractivity contribution >= 4 is 27.5 Å². The average Bonchev–Trinajstić information content (AvgIpc) is 2.86. The van der Waals surface area contributed by atoms with Gasteiger partial charge >= 0.3 is 0 Å². The number of nitrogens with one attached hydrogen (secondary N) is 1. The number of nitrogens with zero attached hydrogens (tertiary/aromatic N) is 2. The lowest BCUT2D eigenvalue weighted by molar-refractivity contribution is -0.139. The van der Waals surface area contributed by atoms with E-state index in [1.807, 2.05) is 44.2 Å². The molecule has 2 aromatic carbocycles. The van der Waals surface area contributed by atoms with Gasteiger partial charge < -0.3 is 15.0 Å². The van der Waals surface area contributed by atoms with Crippen LogP contribution in [0.15, 0.2) is 54.6 Å². The molecule has 2 aromatic rings. The molecule has 0 radical (unpaired) electrons. The summed E-state index contributed by atoms with van der Waals surface area (Å²) < 4.78 is 31.6. The molecule has 0 bridgehead atoms. The fourth-order valence-electron chi connectivity index (χ4n) is 3.85. The summed E-state index contributed by atoms with van der Waals surface area (Å²) in [6, 6.07) is 16.0. The molecule has 0 saturated heterocycles. The van der Waals surface area contributed by atoms with Crippen LogP contribution in [0.3, 0.4) is 0 Å². The first-order valence-corrected chi connectivity index (χ1v) is 14.3. The van der Waals surface area contributed by atoms with E-state index in [0.717, 1.165) is 18.2 Å². The van der Waals surface area contributed by atoms with Crippen molar-refractivity contribution in [2.75, 3.05) is 36.8 Å². The van der Waals surface area contributed by atoms with E-state index in [-0.39, 0.29) is 24.8 Å². The van der Waals surface area contributed by atoms with E-state index < -0.39 is 16.1 Å². The standard InChI is InChI=1S/C27H39N3O5S/c1-5-19-28-27(32)22(3)29(21-18-23-11-8-7-9-12-23)26(31)13-10-20-30(36(4,33)34)24-14-16-25(17-15-24)35-6-2/h7-9,11-12,14-17,22H,5-6,10,13,18-21H2,1-4H3,(H,28,32). The zero-order valence-corrected chi connectivity index (χ0v) is 22.6. The van der Waals surface area contributed by atoms with E-state index >= 15 is 0 Å². The first-order valence-electron chi connectivity index (χ1n) is 12.5. The van der Waals surface area contributed by atoms with Gasteiger partial charge in [0.05, 0.1) is 18.6 Å². The highest BCUT2D eigenvalue weighted by Crippen LogP contribution is 2.22. The molecule has 0 spiro atoms. The highest BCUT2D eigenvalue weighted by atomic mass is 32.2. The summed E-state index contributed by atoms with van der Waals surface area (Å²) in [6.45, 7) is 7.21. The van der Waals surface area contributed by atoms with Gasteiger partial charge in [-0.25, -0.2) is 8.42 Å². The number of benzene rings is 2. The largest absolute Gasteiger partial charge is 0.494 e. The monoisotopic (exact) mass is 517 g/mol. The number of sulfonamides is 1. The number of amides is 2. The molecule has 36 heavy (non-hydrogen) atoms. The van der Waals surface area contributed by atoms with Crippen LogP contribution in [0.25, 0.3) is 0 Å². The number of hydrogen-bond acceptors (Lipinski definition) is 5. The van der Waals surface area contributed by atoms with Crippen molar-refractivity contribution in [3.63, 3.8) is 0 Å². The molecule has 1 N–H and O–H groups in total. The fourth-order valence-corrected chi connectivity index (χ4v) is 4.81. The molecule has 0 aliphatic heterocycles. The maximum atomic E-state index is 13.2. The molecule has 0 aromatic heterocycles. The topological polar surface area (TPSA) is 96.0 Å². The van der Waals surface area contributed by atoms with Crippen molar-refractivity contribution in [3.8, 4) is 5.75 Å². The Labute approximate surface area is 215 Å². The minimum Gasteiger partial charge on any atom is -0.494 e. The normalized spacial score (nSPS) is 12.0. The summed E-state index contributed by atoms with van der Waals surface area (Å²) in [7, 11) is -3.54. The van der Waals surface area contributed by atoms with Gasteiger partial charge in [-0.3, -0.25) is 13.9 Å². The maximum absolute atomic E-state index is 13.2. The van der Waals surface area contributed by atoms with Gasteiger partial charge in [0.1, 0.15) is 11.8 Å². The van der Waals surface area contributed by atoms with Crippen LogP contribution in [0.1, 0.15) is 45.6 Å². The Balaban J connectivity index is 2.08. The minimum absolute atomic E-state index is 0.128. The van der Waals surface area contributed by atoms with Crippen molar-refractivity contribution in [2.24, 2.45) is 0 Å².